The van der Waals surface area contributed by atoms with Gasteiger partial charge in [-0.1, -0.05) is 26.0 Å². The van der Waals surface area contributed by atoms with Crippen LogP contribution in [0.5, 0.6) is 11.5 Å². The van der Waals surface area contributed by atoms with E-state index in [4.69, 9.17) is 9.47 Å². The molecule has 0 saturated heterocycles. The molecule has 0 aliphatic rings. The van der Waals surface area contributed by atoms with E-state index in [-0.39, 0.29) is 29.6 Å². The summed E-state index contributed by atoms with van der Waals surface area (Å²) >= 11 is 0. The molecule has 4 rings (SSSR count). The normalized spacial score (nSPS) is 11.3. The molecule has 9 nitrogen and oxygen atoms in total. The fourth-order valence-corrected chi connectivity index (χ4v) is 3.55. The number of ether oxygens (including phenoxy) is 2. The number of carbonyl (C=O) groups is 1. The largest absolute Gasteiger partial charge is 0.497 e. The molecule has 0 spiro atoms. The van der Waals surface area contributed by atoms with Crippen molar-refractivity contribution >= 4 is 28.3 Å². The van der Waals surface area contributed by atoms with Crippen LogP contribution in [0.15, 0.2) is 47.3 Å². The van der Waals surface area contributed by atoms with Crippen molar-refractivity contribution in [3.05, 3.63) is 58.6 Å². The summed E-state index contributed by atoms with van der Waals surface area (Å²) in [7, 11) is 3.06. The van der Waals surface area contributed by atoms with Gasteiger partial charge in [0.15, 0.2) is 0 Å². The van der Waals surface area contributed by atoms with Gasteiger partial charge in [-0.05, 0) is 24.3 Å². The zero-order chi connectivity index (χ0) is 22.1. The number of para-hydroxylation sites is 2. The van der Waals surface area contributed by atoms with E-state index < -0.39 is 0 Å². The Labute approximate surface area is 178 Å². The molecule has 1 N–H and O–H groups in total. The predicted octanol–water partition coefficient (Wildman–Crippen LogP) is 2.82. The Morgan fingerprint density at radius 1 is 1.06 bits per heavy atom. The number of methoxy groups -OCH3 is 2. The smallest absolute Gasteiger partial charge is 0.297 e. The van der Waals surface area contributed by atoms with Crippen molar-refractivity contribution in [2.24, 2.45) is 0 Å². The summed E-state index contributed by atoms with van der Waals surface area (Å²) in [4.78, 5) is 26.0. The lowest BCUT2D eigenvalue weighted by Crippen LogP contribution is -2.29. The molecule has 0 bridgehead atoms. The highest BCUT2D eigenvalue weighted by molar-refractivity contribution is 5.93. The number of fused-ring (bicyclic) bond motifs is 3. The van der Waals surface area contributed by atoms with Gasteiger partial charge < -0.3 is 14.8 Å². The number of nitrogens with one attached hydrogen (secondary N) is 1. The van der Waals surface area contributed by atoms with Crippen molar-refractivity contribution in [3.63, 3.8) is 0 Å². The van der Waals surface area contributed by atoms with Crippen LogP contribution >= 0.6 is 0 Å². The maximum Gasteiger partial charge on any atom is 0.297 e. The number of hydrogen-bond donors (Lipinski definition) is 1. The number of hydrogen-bond acceptors (Lipinski definition) is 6. The van der Waals surface area contributed by atoms with Crippen LogP contribution in [-0.2, 0) is 11.3 Å². The Hall–Kier alpha value is -3.88. The van der Waals surface area contributed by atoms with Gasteiger partial charge in [-0.25, -0.2) is 0 Å². The number of rotatable bonds is 6. The van der Waals surface area contributed by atoms with Crippen molar-refractivity contribution in [2.75, 3.05) is 19.5 Å². The van der Waals surface area contributed by atoms with Crippen molar-refractivity contribution in [1.82, 2.24) is 19.2 Å². The third-order valence-electron chi connectivity index (χ3n) is 5.04. The van der Waals surface area contributed by atoms with E-state index >= 15 is 0 Å². The van der Waals surface area contributed by atoms with Crippen LogP contribution in [0.4, 0.5) is 5.69 Å². The minimum Gasteiger partial charge on any atom is -0.497 e. The summed E-state index contributed by atoms with van der Waals surface area (Å²) in [5.74, 6) is 1.47. The second kappa shape index (κ2) is 8.10. The minimum atomic E-state index is -0.380. The molecule has 9 heteroatoms. The monoisotopic (exact) mass is 421 g/mol. The topological polar surface area (TPSA) is 99.8 Å². The molecule has 0 saturated carbocycles. The molecular weight excluding hydrogens is 398 g/mol. The number of aromatic nitrogens is 4. The molecule has 0 unspecified atom stereocenters. The van der Waals surface area contributed by atoms with E-state index in [2.05, 4.69) is 15.5 Å². The molecule has 160 valence electrons. The van der Waals surface area contributed by atoms with E-state index in [1.807, 2.05) is 38.1 Å². The first kappa shape index (κ1) is 20.4. The molecule has 0 atom stereocenters. The summed E-state index contributed by atoms with van der Waals surface area (Å²) in [6, 6.07) is 12.5. The lowest BCUT2D eigenvalue weighted by molar-refractivity contribution is -0.116. The highest BCUT2D eigenvalue weighted by atomic mass is 16.5. The standard InChI is InChI=1S/C22H23N5O4/c1-13(2)20-24-25-21-22(29)26(16-7-5-6-8-17(16)27(20)21)12-19(28)23-15-10-9-14(30-3)11-18(15)31-4/h5-11,13H,12H2,1-4H3,(H,23,28). The van der Waals surface area contributed by atoms with Crippen molar-refractivity contribution < 1.29 is 14.3 Å². The van der Waals surface area contributed by atoms with Gasteiger partial charge >= 0.3 is 0 Å². The molecule has 31 heavy (non-hydrogen) atoms. The van der Waals surface area contributed by atoms with Crippen LogP contribution in [0.1, 0.15) is 25.6 Å². The quantitative estimate of drug-likeness (QED) is 0.514. The van der Waals surface area contributed by atoms with Crippen molar-refractivity contribution in [2.45, 2.75) is 26.3 Å². The van der Waals surface area contributed by atoms with Gasteiger partial charge in [0.05, 0.1) is 30.9 Å². The van der Waals surface area contributed by atoms with E-state index in [0.29, 0.717) is 28.5 Å². The zero-order valence-electron chi connectivity index (χ0n) is 17.7. The van der Waals surface area contributed by atoms with Gasteiger partial charge in [0.1, 0.15) is 23.9 Å². The van der Waals surface area contributed by atoms with Crippen LogP contribution < -0.4 is 20.3 Å². The van der Waals surface area contributed by atoms with E-state index in [1.54, 1.807) is 29.7 Å². The molecule has 4 aromatic rings. The number of amides is 1. The van der Waals surface area contributed by atoms with Crippen LogP contribution in [0.3, 0.4) is 0 Å². The zero-order valence-corrected chi connectivity index (χ0v) is 17.7. The molecule has 0 aliphatic carbocycles. The van der Waals surface area contributed by atoms with Crippen LogP contribution in [0, 0.1) is 0 Å². The first-order chi connectivity index (χ1) is 14.9. The molecule has 0 aliphatic heterocycles. The molecule has 2 aromatic heterocycles. The lowest BCUT2D eigenvalue weighted by atomic mass is 10.2. The summed E-state index contributed by atoms with van der Waals surface area (Å²) in [6.07, 6.45) is 0. The second-order valence-electron chi connectivity index (χ2n) is 7.37. The Balaban J connectivity index is 1.76. The average molecular weight is 421 g/mol. The number of anilines is 1. The maximum absolute atomic E-state index is 13.2. The third kappa shape index (κ3) is 3.58. The van der Waals surface area contributed by atoms with Gasteiger partial charge in [-0.3, -0.25) is 18.6 Å². The first-order valence-corrected chi connectivity index (χ1v) is 9.83. The van der Waals surface area contributed by atoms with E-state index in [0.717, 1.165) is 5.52 Å². The SMILES string of the molecule is COc1ccc(NC(=O)Cn2c(=O)c3nnc(C(C)C)n3c3ccccc32)c(OC)c1. The van der Waals surface area contributed by atoms with Crippen LogP contribution in [-0.4, -0.2) is 39.3 Å². The van der Waals surface area contributed by atoms with E-state index in [9.17, 15) is 9.59 Å². The molecule has 2 aromatic carbocycles. The molecule has 0 radical (unpaired) electrons. The number of nitrogens with zero attached hydrogens (tertiary/aromatic N) is 4. The summed E-state index contributed by atoms with van der Waals surface area (Å²) in [5.41, 5.74) is 1.68. The van der Waals surface area contributed by atoms with E-state index in [1.165, 1.54) is 11.7 Å². The predicted molar refractivity (Wildman–Crippen MR) is 117 cm³/mol. The Morgan fingerprint density at radius 2 is 1.81 bits per heavy atom. The molecule has 0 fully saturated rings. The fraction of sp³-hybridized carbons (Fsp3) is 0.273. The molecule has 2 heterocycles. The van der Waals surface area contributed by atoms with Crippen molar-refractivity contribution in [1.29, 1.82) is 0 Å². The summed E-state index contributed by atoms with van der Waals surface area (Å²) in [6.45, 7) is 3.80. The number of carbonyl (C=O) groups excluding carboxylic acids is 1. The Morgan fingerprint density at radius 3 is 2.48 bits per heavy atom. The second-order valence-corrected chi connectivity index (χ2v) is 7.37. The molecular formula is C22H23N5O4. The van der Waals surface area contributed by atoms with Crippen molar-refractivity contribution in [3.8, 4) is 11.5 Å². The fourth-order valence-electron chi connectivity index (χ4n) is 3.55. The molecule has 1 amide bonds. The third-order valence-corrected chi connectivity index (χ3v) is 5.04. The summed E-state index contributed by atoms with van der Waals surface area (Å²) in [5, 5.41) is 11.1. The van der Waals surface area contributed by atoms with Gasteiger partial charge in [-0.2, -0.15) is 0 Å². The van der Waals surface area contributed by atoms with Gasteiger partial charge in [0.25, 0.3) is 5.56 Å². The Kier molecular flexibility index (Phi) is 5.33. The lowest BCUT2D eigenvalue weighted by Gasteiger charge is -2.15. The number of benzene rings is 2. The van der Waals surface area contributed by atoms with Gasteiger partial charge in [0, 0.05) is 12.0 Å². The minimum absolute atomic E-state index is 0.0829. The Bertz CT molecular complexity index is 1340. The highest BCUT2D eigenvalue weighted by Gasteiger charge is 2.19. The van der Waals surface area contributed by atoms with Crippen LogP contribution in [0.2, 0.25) is 0 Å². The average Bonchev–Trinajstić information content (AvgIpc) is 3.23. The maximum atomic E-state index is 13.2. The van der Waals surface area contributed by atoms with Crippen LogP contribution in [0.25, 0.3) is 16.7 Å². The van der Waals surface area contributed by atoms with Gasteiger partial charge in [0.2, 0.25) is 11.6 Å². The first-order valence-electron chi connectivity index (χ1n) is 9.83. The summed E-state index contributed by atoms with van der Waals surface area (Å²) < 4.78 is 13.7. The highest BCUT2D eigenvalue weighted by Crippen LogP contribution is 2.29. The van der Waals surface area contributed by atoms with Gasteiger partial charge in [-0.15, -0.1) is 10.2 Å².